The predicted octanol–water partition coefficient (Wildman–Crippen LogP) is 11.8. The smallest absolute Gasteiger partial charge is 0.338 e. The molecule has 0 amide bonds. The highest BCUT2D eigenvalue weighted by molar-refractivity contribution is 7.30. The van der Waals surface area contributed by atoms with Crippen LogP contribution >= 0.6 is 45.3 Å². The minimum absolute atomic E-state index is 0.368. The van der Waals surface area contributed by atoms with Gasteiger partial charge in [-0.25, -0.2) is 4.79 Å². The van der Waals surface area contributed by atoms with Crippen LogP contribution in [-0.4, -0.2) is 19.7 Å². The Labute approximate surface area is 263 Å². The van der Waals surface area contributed by atoms with Gasteiger partial charge in [-0.05, 0) is 79.4 Å². The van der Waals surface area contributed by atoms with Gasteiger partial charge in [0, 0.05) is 28.9 Å². The molecule has 0 bridgehead atoms. The van der Waals surface area contributed by atoms with E-state index in [1.54, 1.807) is 34.0 Å². The molecule has 42 heavy (non-hydrogen) atoms. The maximum atomic E-state index is 12.7. The van der Waals surface area contributed by atoms with E-state index in [0.717, 1.165) is 61.3 Å². The lowest BCUT2D eigenvalue weighted by molar-refractivity contribution is -0.133. The van der Waals surface area contributed by atoms with Gasteiger partial charge in [-0.15, -0.1) is 55.6 Å². The van der Waals surface area contributed by atoms with Crippen molar-refractivity contribution >= 4 is 82.4 Å². The Morgan fingerprint density at radius 1 is 0.786 bits per heavy atom. The van der Waals surface area contributed by atoms with Crippen LogP contribution in [0.5, 0.6) is 5.75 Å². The molecule has 0 spiro atoms. The lowest BCUT2D eigenvalue weighted by atomic mass is 10.1. The zero-order valence-corrected chi connectivity index (χ0v) is 27.3. The Bertz CT molecular complexity index is 1640. The number of methoxy groups -OCH3 is 1. The van der Waals surface area contributed by atoms with Crippen molar-refractivity contribution in [2.24, 2.45) is 10.2 Å². The fourth-order valence-corrected chi connectivity index (χ4v) is 8.49. The van der Waals surface area contributed by atoms with Gasteiger partial charge in [0.1, 0.15) is 15.8 Å². The first kappa shape index (κ1) is 30.4. The predicted molar refractivity (Wildman–Crippen MR) is 181 cm³/mol. The van der Waals surface area contributed by atoms with E-state index >= 15 is 0 Å². The van der Waals surface area contributed by atoms with Gasteiger partial charge in [-0.3, -0.25) is 0 Å². The third-order valence-electron chi connectivity index (χ3n) is 6.61. The number of thiophene rings is 4. The van der Waals surface area contributed by atoms with Gasteiger partial charge in [0.2, 0.25) is 0 Å². The van der Waals surface area contributed by atoms with Gasteiger partial charge < -0.3 is 9.47 Å². The zero-order chi connectivity index (χ0) is 29.3. The molecule has 5 aromatic rings. The summed E-state index contributed by atoms with van der Waals surface area (Å²) in [4.78, 5) is 17.6. The van der Waals surface area contributed by atoms with Crippen molar-refractivity contribution in [2.45, 2.75) is 52.4 Å². The number of hydrogen-bond acceptors (Lipinski definition) is 9. The Balaban J connectivity index is 1.27. The first-order chi connectivity index (χ1) is 20.6. The average molecular weight is 635 g/mol. The molecule has 4 heterocycles. The number of fused-ring (bicyclic) bond motifs is 1. The largest absolute Gasteiger partial charge is 0.494 e. The lowest BCUT2D eigenvalue weighted by Crippen LogP contribution is -2.04. The third kappa shape index (κ3) is 7.83. The van der Waals surface area contributed by atoms with Crippen LogP contribution in [0.15, 0.2) is 70.9 Å². The SMILES string of the molecule is CCCCCOc1ccc(/C(=C/c2cc3sc(/N=N/c4ccc(-c5ccc(CCCC)s5)s4)cc3s2)C(=O)OC)cc1. The van der Waals surface area contributed by atoms with Gasteiger partial charge in [-0.2, -0.15) is 0 Å². The van der Waals surface area contributed by atoms with Crippen molar-refractivity contribution in [3.63, 3.8) is 0 Å². The van der Waals surface area contributed by atoms with E-state index in [2.05, 4.69) is 54.4 Å². The zero-order valence-electron chi connectivity index (χ0n) is 24.1. The minimum atomic E-state index is -0.368. The third-order valence-corrected chi connectivity index (χ3v) is 11.0. The molecule has 5 rings (SSSR count). The summed E-state index contributed by atoms with van der Waals surface area (Å²) in [6.07, 6.45) is 8.84. The molecule has 9 heteroatoms. The minimum Gasteiger partial charge on any atom is -0.494 e. The Morgan fingerprint density at radius 3 is 2.29 bits per heavy atom. The van der Waals surface area contributed by atoms with E-state index in [-0.39, 0.29) is 5.97 Å². The molecule has 1 aromatic carbocycles. The molecule has 0 saturated carbocycles. The lowest BCUT2D eigenvalue weighted by Gasteiger charge is -2.09. The quantitative estimate of drug-likeness (QED) is 0.0528. The van der Waals surface area contributed by atoms with Crippen molar-refractivity contribution in [3.05, 3.63) is 76.0 Å². The molecule has 0 aliphatic rings. The maximum absolute atomic E-state index is 12.7. The summed E-state index contributed by atoms with van der Waals surface area (Å²) in [5.41, 5.74) is 1.31. The van der Waals surface area contributed by atoms with Crippen LogP contribution < -0.4 is 4.74 Å². The highest BCUT2D eigenvalue weighted by Crippen LogP contribution is 2.41. The van der Waals surface area contributed by atoms with Crippen LogP contribution in [0.25, 0.3) is 30.8 Å². The summed E-state index contributed by atoms with van der Waals surface area (Å²) in [5.74, 6) is 0.437. The van der Waals surface area contributed by atoms with E-state index in [1.165, 1.54) is 34.6 Å². The van der Waals surface area contributed by atoms with Crippen LogP contribution in [0.1, 0.15) is 61.3 Å². The fraction of sp³-hybridized carbons (Fsp3) is 0.303. The van der Waals surface area contributed by atoms with Gasteiger partial charge in [0.25, 0.3) is 0 Å². The molecule has 0 aliphatic carbocycles. The number of nitrogens with zero attached hydrogens (tertiary/aromatic N) is 2. The molecule has 218 valence electrons. The number of benzene rings is 1. The molecule has 0 N–H and O–H groups in total. The summed E-state index contributed by atoms with van der Waals surface area (Å²) in [6, 6.07) is 20.4. The number of hydrogen-bond donors (Lipinski definition) is 0. The molecule has 0 unspecified atom stereocenters. The molecule has 0 atom stereocenters. The van der Waals surface area contributed by atoms with Crippen LogP contribution in [0.3, 0.4) is 0 Å². The highest BCUT2D eigenvalue weighted by Gasteiger charge is 2.15. The van der Waals surface area contributed by atoms with E-state index < -0.39 is 0 Å². The summed E-state index contributed by atoms with van der Waals surface area (Å²) in [6.45, 7) is 5.10. The molecular formula is C33H34N2O3S4. The molecule has 0 saturated heterocycles. The number of ether oxygens (including phenoxy) is 2. The number of carbonyl (C=O) groups is 1. The van der Waals surface area contributed by atoms with Gasteiger partial charge in [-0.1, -0.05) is 45.2 Å². The number of carbonyl (C=O) groups excluding carboxylic acids is 1. The number of aryl methyl sites for hydroxylation is 1. The van der Waals surface area contributed by atoms with Crippen LogP contribution in [0, 0.1) is 0 Å². The summed E-state index contributed by atoms with van der Waals surface area (Å²) < 4.78 is 13.2. The van der Waals surface area contributed by atoms with Crippen molar-refractivity contribution in [2.75, 3.05) is 13.7 Å². The van der Waals surface area contributed by atoms with Crippen molar-refractivity contribution < 1.29 is 14.3 Å². The molecule has 0 aliphatic heterocycles. The Morgan fingerprint density at radius 2 is 1.52 bits per heavy atom. The number of rotatable bonds is 14. The normalized spacial score (nSPS) is 12.0. The van der Waals surface area contributed by atoms with E-state index in [9.17, 15) is 4.79 Å². The van der Waals surface area contributed by atoms with Crippen molar-refractivity contribution in [1.29, 1.82) is 0 Å². The van der Waals surface area contributed by atoms with Crippen LogP contribution in [0.2, 0.25) is 0 Å². The number of unbranched alkanes of at least 4 members (excludes halogenated alkanes) is 3. The molecule has 0 fully saturated rings. The van der Waals surface area contributed by atoms with Gasteiger partial charge in [0.15, 0.2) is 0 Å². The van der Waals surface area contributed by atoms with Gasteiger partial charge >= 0.3 is 5.97 Å². The van der Waals surface area contributed by atoms with E-state index in [0.29, 0.717) is 12.2 Å². The molecular weight excluding hydrogens is 601 g/mol. The Hall–Kier alpha value is -3.11. The van der Waals surface area contributed by atoms with E-state index in [1.807, 2.05) is 47.7 Å². The number of azo groups is 1. The maximum Gasteiger partial charge on any atom is 0.338 e. The molecule has 0 radical (unpaired) electrons. The summed E-state index contributed by atoms with van der Waals surface area (Å²) in [5, 5.41) is 10.8. The standard InChI is InChI=1S/C33H34N2O3S4/c1-4-6-8-18-38-23-12-10-22(11-13-23)26(33(36)37-3)19-25-20-29-30(40-25)21-32(42-29)35-34-31-17-16-28(41-31)27-15-14-24(39-27)9-7-5-2/h10-17,19-21H,4-9,18H2,1-3H3/b26-19-,35-34+. The monoisotopic (exact) mass is 634 g/mol. The summed E-state index contributed by atoms with van der Waals surface area (Å²) in [7, 11) is 1.41. The second-order valence-electron chi connectivity index (χ2n) is 9.80. The molecule has 5 nitrogen and oxygen atoms in total. The average Bonchev–Trinajstić information content (AvgIpc) is 3.80. The fourth-order valence-electron chi connectivity index (χ4n) is 4.36. The van der Waals surface area contributed by atoms with Crippen LogP contribution in [0.4, 0.5) is 10.0 Å². The summed E-state index contributed by atoms with van der Waals surface area (Å²) >= 11 is 6.76. The second kappa shape index (κ2) is 14.9. The van der Waals surface area contributed by atoms with Crippen molar-refractivity contribution in [1.82, 2.24) is 0 Å². The Kier molecular flexibility index (Phi) is 10.7. The first-order valence-electron chi connectivity index (χ1n) is 14.2. The second-order valence-corrected chi connectivity index (χ2v) is 14.2. The van der Waals surface area contributed by atoms with Gasteiger partial charge in [0.05, 0.1) is 19.3 Å². The topological polar surface area (TPSA) is 60.2 Å². The van der Waals surface area contributed by atoms with Crippen LogP contribution in [-0.2, 0) is 16.0 Å². The van der Waals surface area contributed by atoms with E-state index in [4.69, 9.17) is 9.47 Å². The first-order valence-corrected chi connectivity index (χ1v) is 17.5. The molecule has 4 aromatic heterocycles. The number of esters is 1. The highest BCUT2D eigenvalue weighted by atomic mass is 32.1. The van der Waals surface area contributed by atoms with Crippen molar-refractivity contribution in [3.8, 4) is 15.5 Å².